The van der Waals surface area contributed by atoms with Crippen molar-refractivity contribution in [2.24, 2.45) is 0 Å². The molecule has 0 bridgehead atoms. The second kappa shape index (κ2) is 6.42. The first-order chi connectivity index (χ1) is 9.10. The molecule has 0 unspecified atom stereocenters. The number of hydrogen-bond donors (Lipinski definition) is 1. The Kier molecular flexibility index (Phi) is 4.86. The molecule has 0 saturated carbocycles. The molecule has 2 rings (SSSR count). The van der Waals surface area contributed by atoms with Crippen LogP contribution in [0.1, 0.15) is 15.9 Å². The van der Waals surface area contributed by atoms with Crippen molar-refractivity contribution in [3.05, 3.63) is 63.6 Å². The third-order valence-corrected chi connectivity index (χ3v) is 3.75. The van der Waals surface area contributed by atoms with Gasteiger partial charge in [-0.05, 0) is 35.9 Å². The van der Waals surface area contributed by atoms with Crippen LogP contribution in [0.25, 0.3) is 0 Å². The van der Waals surface area contributed by atoms with E-state index in [0.29, 0.717) is 21.3 Å². The van der Waals surface area contributed by atoms with Crippen LogP contribution in [-0.2, 0) is 5.33 Å². The summed E-state index contributed by atoms with van der Waals surface area (Å²) in [4.78, 5) is 12.0. The maximum absolute atomic E-state index is 12.0. The van der Waals surface area contributed by atoms with Crippen LogP contribution in [0.3, 0.4) is 0 Å². The van der Waals surface area contributed by atoms with Gasteiger partial charge in [-0.1, -0.05) is 51.3 Å². The quantitative estimate of drug-likeness (QED) is 0.756. The van der Waals surface area contributed by atoms with Crippen molar-refractivity contribution in [2.45, 2.75) is 5.33 Å². The molecule has 0 aliphatic heterocycles. The molecule has 2 nitrogen and oxygen atoms in total. The molecule has 0 aromatic heterocycles. The van der Waals surface area contributed by atoms with Crippen LogP contribution in [0.2, 0.25) is 10.0 Å². The molecule has 0 fully saturated rings. The molecule has 0 spiro atoms. The van der Waals surface area contributed by atoms with Gasteiger partial charge in [0.2, 0.25) is 0 Å². The summed E-state index contributed by atoms with van der Waals surface area (Å²) in [5.41, 5.74) is 2.23. The molecule has 2 aromatic rings. The molecule has 2 aromatic carbocycles. The molecule has 1 amide bonds. The topological polar surface area (TPSA) is 29.1 Å². The SMILES string of the molecule is O=C(Nc1ccc(Cl)cc1Cl)c1ccc(CBr)cc1. The van der Waals surface area contributed by atoms with Gasteiger partial charge in [-0.25, -0.2) is 0 Å². The standard InChI is InChI=1S/C14H10BrCl2NO/c15-8-9-1-3-10(4-2-9)14(19)18-13-6-5-11(16)7-12(13)17/h1-7H,8H2,(H,18,19). The molecule has 0 saturated heterocycles. The molecule has 0 heterocycles. The van der Waals surface area contributed by atoms with Gasteiger partial charge in [0.25, 0.3) is 5.91 Å². The van der Waals surface area contributed by atoms with Crippen molar-refractivity contribution in [1.29, 1.82) is 0 Å². The Morgan fingerprint density at radius 3 is 2.37 bits per heavy atom. The highest BCUT2D eigenvalue weighted by atomic mass is 79.9. The van der Waals surface area contributed by atoms with E-state index in [4.69, 9.17) is 23.2 Å². The summed E-state index contributed by atoms with van der Waals surface area (Å²) in [7, 11) is 0. The van der Waals surface area contributed by atoms with Crippen LogP contribution in [0.4, 0.5) is 5.69 Å². The largest absolute Gasteiger partial charge is 0.321 e. The maximum atomic E-state index is 12.0. The Morgan fingerprint density at radius 1 is 1.11 bits per heavy atom. The summed E-state index contributed by atoms with van der Waals surface area (Å²) in [6, 6.07) is 12.3. The molecule has 0 atom stereocenters. The number of carbonyl (C=O) groups is 1. The lowest BCUT2D eigenvalue weighted by Crippen LogP contribution is -2.12. The molecular weight excluding hydrogens is 349 g/mol. The summed E-state index contributed by atoms with van der Waals surface area (Å²) in [6.07, 6.45) is 0. The van der Waals surface area contributed by atoms with Crippen molar-refractivity contribution in [3.8, 4) is 0 Å². The number of alkyl halides is 1. The van der Waals surface area contributed by atoms with Gasteiger partial charge in [0, 0.05) is 15.9 Å². The number of rotatable bonds is 3. The van der Waals surface area contributed by atoms with Gasteiger partial charge in [-0.3, -0.25) is 4.79 Å². The van der Waals surface area contributed by atoms with Gasteiger partial charge in [0.15, 0.2) is 0 Å². The number of benzene rings is 2. The zero-order valence-electron chi connectivity index (χ0n) is 9.79. The van der Waals surface area contributed by atoms with Gasteiger partial charge in [0.05, 0.1) is 10.7 Å². The number of amides is 1. The first kappa shape index (κ1) is 14.4. The van der Waals surface area contributed by atoms with Crippen LogP contribution in [0.15, 0.2) is 42.5 Å². The normalized spacial score (nSPS) is 10.3. The van der Waals surface area contributed by atoms with E-state index in [1.54, 1.807) is 30.3 Å². The first-order valence-corrected chi connectivity index (χ1v) is 7.39. The Bertz CT molecular complexity index is 599. The molecule has 0 aliphatic rings. The van der Waals surface area contributed by atoms with Crippen molar-refractivity contribution in [1.82, 2.24) is 0 Å². The fourth-order valence-corrected chi connectivity index (χ4v) is 2.36. The lowest BCUT2D eigenvalue weighted by atomic mass is 10.1. The Morgan fingerprint density at radius 2 is 1.79 bits per heavy atom. The number of hydrogen-bond acceptors (Lipinski definition) is 1. The van der Waals surface area contributed by atoms with Gasteiger partial charge in [0.1, 0.15) is 0 Å². The van der Waals surface area contributed by atoms with E-state index in [1.165, 1.54) is 0 Å². The summed E-state index contributed by atoms with van der Waals surface area (Å²) in [5, 5.41) is 4.46. The van der Waals surface area contributed by atoms with Crippen molar-refractivity contribution < 1.29 is 4.79 Å². The second-order valence-corrected chi connectivity index (χ2v) is 5.31. The highest BCUT2D eigenvalue weighted by Crippen LogP contribution is 2.25. The lowest BCUT2D eigenvalue weighted by molar-refractivity contribution is 0.102. The average Bonchev–Trinajstić information content (AvgIpc) is 2.42. The molecule has 5 heteroatoms. The van der Waals surface area contributed by atoms with E-state index < -0.39 is 0 Å². The zero-order chi connectivity index (χ0) is 13.8. The molecule has 0 aliphatic carbocycles. The zero-order valence-corrected chi connectivity index (χ0v) is 12.9. The van der Waals surface area contributed by atoms with Crippen LogP contribution in [0, 0.1) is 0 Å². The Hall–Kier alpha value is -1.03. The van der Waals surface area contributed by atoms with Crippen LogP contribution in [0.5, 0.6) is 0 Å². The van der Waals surface area contributed by atoms with Crippen LogP contribution < -0.4 is 5.32 Å². The van der Waals surface area contributed by atoms with Gasteiger partial charge < -0.3 is 5.32 Å². The number of anilines is 1. The predicted molar refractivity (Wildman–Crippen MR) is 83.5 cm³/mol. The van der Waals surface area contributed by atoms with E-state index in [2.05, 4.69) is 21.2 Å². The fraction of sp³-hybridized carbons (Fsp3) is 0.0714. The fourth-order valence-electron chi connectivity index (χ4n) is 1.53. The van der Waals surface area contributed by atoms with Gasteiger partial charge in [-0.15, -0.1) is 0 Å². The number of nitrogens with one attached hydrogen (secondary N) is 1. The lowest BCUT2D eigenvalue weighted by Gasteiger charge is -2.08. The van der Waals surface area contributed by atoms with Crippen LogP contribution >= 0.6 is 39.1 Å². The van der Waals surface area contributed by atoms with E-state index in [1.807, 2.05) is 12.1 Å². The molecular formula is C14H10BrCl2NO. The number of halogens is 3. The summed E-state index contributed by atoms with van der Waals surface area (Å²) in [5.74, 6) is -0.203. The predicted octanol–water partition coefficient (Wildman–Crippen LogP) is 5.14. The van der Waals surface area contributed by atoms with E-state index >= 15 is 0 Å². The molecule has 98 valence electrons. The van der Waals surface area contributed by atoms with Crippen LogP contribution in [-0.4, -0.2) is 5.91 Å². The first-order valence-electron chi connectivity index (χ1n) is 5.51. The minimum atomic E-state index is -0.203. The van der Waals surface area contributed by atoms with Gasteiger partial charge in [-0.2, -0.15) is 0 Å². The third kappa shape index (κ3) is 3.72. The summed E-state index contributed by atoms with van der Waals surface area (Å²) >= 11 is 15.2. The minimum absolute atomic E-state index is 0.203. The second-order valence-electron chi connectivity index (χ2n) is 3.91. The van der Waals surface area contributed by atoms with Crippen molar-refractivity contribution in [2.75, 3.05) is 5.32 Å². The smallest absolute Gasteiger partial charge is 0.255 e. The van der Waals surface area contributed by atoms with Crippen molar-refractivity contribution in [3.63, 3.8) is 0 Å². The number of carbonyl (C=O) groups excluding carboxylic acids is 1. The Labute approximate surface area is 129 Å². The molecule has 0 radical (unpaired) electrons. The van der Waals surface area contributed by atoms with E-state index in [9.17, 15) is 4.79 Å². The van der Waals surface area contributed by atoms with Crippen molar-refractivity contribution >= 4 is 50.7 Å². The highest BCUT2D eigenvalue weighted by molar-refractivity contribution is 9.08. The monoisotopic (exact) mass is 357 g/mol. The molecule has 1 N–H and O–H groups in total. The summed E-state index contributed by atoms with van der Waals surface area (Å²) < 4.78 is 0. The third-order valence-electron chi connectivity index (χ3n) is 2.55. The molecule has 19 heavy (non-hydrogen) atoms. The summed E-state index contributed by atoms with van der Waals surface area (Å²) in [6.45, 7) is 0. The van der Waals surface area contributed by atoms with E-state index in [0.717, 1.165) is 10.9 Å². The average molecular weight is 359 g/mol. The minimum Gasteiger partial charge on any atom is -0.321 e. The Balaban J connectivity index is 2.15. The highest BCUT2D eigenvalue weighted by Gasteiger charge is 2.08. The maximum Gasteiger partial charge on any atom is 0.255 e. The van der Waals surface area contributed by atoms with E-state index in [-0.39, 0.29) is 5.91 Å². The van der Waals surface area contributed by atoms with Gasteiger partial charge >= 0.3 is 0 Å².